The number of fused-ring (bicyclic) bond motifs is 1. The number of para-hydroxylation sites is 1. The molecule has 0 aromatic heterocycles. The fraction of sp³-hybridized carbons (Fsp3) is 0.364. The van der Waals surface area contributed by atoms with Crippen LogP contribution in [0.2, 0.25) is 0 Å². The van der Waals surface area contributed by atoms with E-state index >= 15 is 0 Å². The number of ether oxygens (including phenoxy) is 1. The summed E-state index contributed by atoms with van der Waals surface area (Å²) >= 11 is 0. The average molecular weight is 191 g/mol. The number of rotatable bonds is 1. The van der Waals surface area contributed by atoms with Crippen molar-refractivity contribution in [2.24, 2.45) is 0 Å². The highest BCUT2D eigenvalue weighted by atomic mass is 16.5. The highest BCUT2D eigenvalue weighted by molar-refractivity contribution is 5.81. The van der Waals surface area contributed by atoms with E-state index in [0.29, 0.717) is 0 Å². The molecular weight excluding hydrogens is 178 g/mol. The van der Waals surface area contributed by atoms with Crippen LogP contribution in [0.5, 0.6) is 0 Å². The highest BCUT2D eigenvalue weighted by Gasteiger charge is 2.26. The molecule has 3 nitrogen and oxygen atoms in total. The van der Waals surface area contributed by atoms with E-state index in [1.807, 2.05) is 24.3 Å². The van der Waals surface area contributed by atoms with Crippen molar-refractivity contribution in [3.8, 4) is 0 Å². The Kier molecular flexibility index (Phi) is 2.39. The molecule has 74 valence electrons. The summed E-state index contributed by atoms with van der Waals surface area (Å²) in [7, 11) is 1.44. The molecule has 1 unspecified atom stereocenters. The van der Waals surface area contributed by atoms with Crippen LogP contribution in [-0.4, -0.2) is 19.6 Å². The van der Waals surface area contributed by atoms with Crippen molar-refractivity contribution in [3.63, 3.8) is 0 Å². The van der Waals surface area contributed by atoms with E-state index < -0.39 is 0 Å². The predicted molar refractivity (Wildman–Crippen MR) is 54.3 cm³/mol. The zero-order valence-corrected chi connectivity index (χ0v) is 8.12. The number of methoxy groups -OCH3 is 1. The molecule has 1 atom stereocenters. The zero-order chi connectivity index (χ0) is 9.97. The van der Waals surface area contributed by atoms with Crippen LogP contribution in [0.1, 0.15) is 17.9 Å². The van der Waals surface area contributed by atoms with Gasteiger partial charge < -0.3 is 10.1 Å². The Balaban J connectivity index is 2.35. The van der Waals surface area contributed by atoms with Gasteiger partial charge in [-0.1, -0.05) is 18.2 Å². The molecule has 1 aliphatic rings. The molecule has 1 aromatic rings. The topological polar surface area (TPSA) is 38.3 Å². The molecule has 0 saturated carbocycles. The molecule has 1 heterocycles. The molecule has 0 fully saturated rings. The summed E-state index contributed by atoms with van der Waals surface area (Å²) in [6.45, 7) is 0.830. The van der Waals surface area contributed by atoms with Crippen LogP contribution in [0.3, 0.4) is 0 Å². The summed E-state index contributed by atoms with van der Waals surface area (Å²) in [5.74, 6) is -0.239. The molecule has 0 radical (unpaired) electrons. The van der Waals surface area contributed by atoms with Crippen LogP contribution >= 0.6 is 0 Å². The van der Waals surface area contributed by atoms with E-state index in [2.05, 4.69) is 5.32 Å². The first-order valence-corrected chi connectivity index (χ1v) is 4.73. The Labute approximate surface area is 83.1 Å². The number of carbonyl (C=O) groups excluding carboxylic acids is 1. The van der Waals surface area contributed by atoms with Crippen LogP contribution in [0.15, 0.2) is 24.3 Å². The lowest BCUT2D eigenvalue weighted by Gasteiger charge is -2.24. The molecule has 2 rings (SSSR count). The Morgan fingerprint density at radius 1 is 1.50 bits per heavy atom. The lowest BCUT2D eigenvalue weighted by atomic mass is 9.91. The van der Waals surface area contributed by atoms with Gasteiger partial charge in [0.2, 0.25) is 0 Å². The molecular formula is C11H13NO2. The standard InChI is InChI=1S/C11H13NO2/c1-14-11(13)9-6-7-12-10-5-3-2-4-8(9)10/h2-5,9,12H,6-7H2,1H3. The van der Waals surface area contributed by atoms with Gasteiger partial charge in [0.05, 0.1) is 13.0 Å². The van der Waals surface area contributed by atoms with Gasteiger partial charge in [-0.3, -0.25) is 4.79 Å². The number of nitrogens with one attached hydrogen (secondary N) is 1. The van der Waals surface area contributed by atoms with Crippen LogP contribution in [0.25, 0.3) is 0 Å². The molecule has 14 heavy (non-hydrogen) atoms. The smallest absolute Gasteiger partial charge is 0.313 e. The molecule has 0 amide bonds. The third-order valence-electron chi connectivity index (χ3n) is 2.57. The minimum Gasteiger partial charge on any atom is -0.469 e. The normalized spacial score (nSPS) is 19.4. The lowest BCUT2D eigenvalue weighted by molar-refractivity contribution is -0.142. The zero-order valence-electron chi connectivity index (χ0n) is 8.12. The molecule has 0 spiro atoms. The summed E-state index contributed by atoms with van der Waals surface area (Å²) in [4.78, 5) is 11.5. The average Bonchev–Trinajstić information content (AvgIpc) is 2.27. The summed E-state index contributed by atoms with van der Waals surface area (Å²) in [6.07, 6.45) is 0.809. The number of benzene rings is 1. The maximum Gasteiger partial charge on any atom is 0.313 e. The van der Waals surface area contributed by atoms with E-state index in [9.17, 15) is 4.79 Å². The molecule has 3 heteroatoms. The summed E-state index contributed by atoms with van der Waals surface area (Å²) < 4.78 is 4.78. The lowest BCUT2D eigenvalue weighted by Crippen LogP contribution is -2.23. The van der Waals surface area contributed by atoms with Gasteiger partial charge in [-0.2, -0.15) is 0 Å². The van der Waals surface area contributed by atoms with Crippen molar-refractivity contribution < 1.29 is 9.53 Å². The van der Waals surface area contributed by atoms with Crippen LogP contribution in [-0.2, 0) is 9.53 Å². The van der Waals surface area contributed by atoms with Crippen molar-refractivity contribution in [2.45, 2.75) is 12.3 Å². The molecule has 1 aromatic carbocycles. The third-order valence-corrected chi connectivity index (χ3v) is 2.57. The minimum atomic E-state index is -0.140. The van der Waals surface area contributed by atoms with Crippen LogP contribution in [0, 0.1) is 0 Å². The summed E-state index contributed by atoms with van der Waals surface area (Å²) in [6, 6.07) is 7.88. The Morgan fingerprint density at radius 3 is 3.07 bits per heavy atom. The largest absolute Gasteiger partial charge is 0.469 e. The van der Waals surface area contributed by atoms with Gasteiger partial charge in [0.15, 0.2) is 0 Å². The van der Waals surface area contributed by atoms with Gasteiger partial charge in [-0.05, 0) is 18.1 Å². The quantitative estimate of drug-likeness (QED) is 0.687. The fourth-order valence-electron chi connectivity index (χ4n) is 1.86. The number of hydrogen-bond acceptors (Lipinski definition) is 3. The van der Waals surface area contributed by atoms with Crippen LogP contribution < -0.4 is 5.32 Å². The van der Waals surface area contributed by atoms with Crippen molar-refractivity contribution in [1.29, 1.82) is 0 Å². The predicted octanol–water partition coefficient (Wildman–Crippen LogP) is 1.76. The SMILES string of the molecule is COC(=O)C1CCNc2ccccc21. The summed E-state index contributed by atoms with van der Waals surface area (Å²) in [5, 5.41) is 3.26. The highest BCUT2D eigenvalue weighted by Crippen LogP contribution is 2.31. The molecule has 0 bridgehead atoms. The molecule has 1 aliphatic heterocycles. The van der Waals surface area contributed by atoms with E-state index in [4.69, 9.17) is 4.74 Å². The van der Waals surface area contributed by atoms with Crippen molar-refractivity contribution >= 4 is 11.7 Å². The molecule has 1 N–H and O–H groups in total. The van der Waals surface area contributed by atoms with E-state index in [1.165, 1.54) is 7.11 Å². The van der Waals surface area contributed by atoms with Crippen molar-refractivity contribution in [3.05, 3.63) is 29.8 Å². The first-order chi connectivity index (χ1) is 6.83. The first kappa shape index (κ1) is 9.06. The van der Waals surface area contributed by atoms with E-state index in [1.54, 1.807) is 0 Å². The van der Waals surface area contributed by atoms with Gasteiger partial charge in [0, 0.05) is 12.2 Å². The summed E-state index contributed by atoms with van der Waals surface area (Å²) in [5.41, 5.74) is 2.10. The van der Waals surface area contributed by atoms with E-state index in [0.717, 1.165) is 24.2 Å². The van der Waals surface area contributed by atoms with Crippen LogP contribution in [0.4, 0.5) is 5.69 Å². The van der Waals surface area contributed by atoms with Crippen molar-refractivity contribution in [1.82, 2.24) is 0 Å². The van der Waals surface area contributed by atoms with Gasteiger partial charge in [-0.15, -0.1) is 0 Å². The number of hydrogen-bond donors (Lipinski definition) is 1. The third kappa shape index (κ3) is 1.45. The van der Waals surface area contributed by atoms with Crippen molar-refractivity contribution in [2.75, 3.05) is 19.0 Å². The second-order valence-electron chi connectivity index (χ2n) is 3.38. The fourth-order valence-corrected chi connectivity index (χ4v) is 1.86. The van der Waals surface area contributed by atoms with Gasteiger partial charge in [0.1, 0.15) is 0 Å². The monoisotopic (exact) mass is 191 g/mol. The minimum absolute atomic E-state index is 0.0996. The number of anilines is 1. The molecule has 0 aliphatic carbocycles. The maximum atomic E-state index is 11.5. The Morgan fingerprint density at radius 2 is 2.29 bits per heavy atom. The second kappa shape index (κ2) is 3.70. The number of carbonyl (C=O) groups is 1. The maximum absolute atomic E-state index is 11.5. The van der Waals surface area contributed by atoms with Gasteiger partial charge in [-0.25, -0.2) is 0 Å². The Bertz CT molecular complexity index is 349. The first-order valence-electron chi connectivity index (χ1n) is 4.73. The van der Waals surface area contributed by atoms with Gasteiger partial charge in [0.25, 0.3) is 0 Å². The molecule has 0 saturated heterocycles. The second-order valence-corrected chi connectivity index (χ2v) is 3.38. The van der Waals surface area contributed by atoms with Gasteiger partial charge >= 0.3 is 5.97 Å². The van der Waals surface area contributed by atoms with E-state index in [-0.39, 0.29) is 11.9 Å². The number of esters is 1. The Hall–Kier alpha value is -1.51.